The fourth-order valence-corrected chi connectivity index (χ4v) is 18.5. The first kappa shape index (κ1) is 34.9. The molecule has 5 saturated heterocycles. The minimum atomic E-state index is 0.314. The molecule has 12 rings (SSSR count). The van der Waals surface area contributed by atoms with Crippen molar-refractivity contribution in [1.29, 1.82) is 0 Å². The van der Waals surface area contributed by atoms with E-state index >= 15 is 0 Å². The summed E-state index contributed by atoms with van der Waals surface area (Å²) in [6.07, 6.45) is 24.8. The second kappa shape index (κ2) is 12.0. The molecule has 12 fully saturated rings. The van der Waals surface area contributed by atoms with Crippen molar-refractivity contribution in [3.8, 4) is 0 Å². The molecule has 7 aliphatic carbocycles. The lowest BCUT2D eigenvalue weighted by Gasteiger charge is -2.79. The van der Waals surface area contributed by atoms with Gasteiger partial charge in [-0.1, -0.05) is 87.0 Å². The predicted molar refractivity (Wildman–Crippen MR) is 212 cm³/mol. The Kier molecular flexibility index (Phi) is 7.88. The molecule has 5 aliphatic heterocycles. The van der Waals surface area contributed by atoms with Gasteiger partial charge in [0.2, 0.25) is 0 Å². The van der Waals surface area contributed by atoms with Crippen LogP contribution in [0.3, 0.4) is 0 Å². The average molecular weight is 727 g/mol. The molecule has 0 bridgehead atoms. The molecule has 20 unspecified atom stereocenters. The van der Waals surface area contributed by atoms with Crippen LogP contribution < -0.4 is 0 Å². The van der Waals surface area contributed by atoms with E-state index in [0.29, 0.717) is 83.4 Å². The van der Waals surface area contributed by atoms with Crippen LogP contribution in [0.5, 0.6) is 0 Å². The fourth-order valence-electron chi connectivity index (χ4n) is 18.5. The van der Waals surface area contributed by atoms with Gasteiger partial charge in [0, 0.05) is 42.2 Å². The number of morpholine rings is 2. The summed E-state index contributed by atoms with van der Waals surface area (Å²) in [6, 6.07) is 3.78. The van der Waals surface area contributed by atoms with Gasteiger partial charge < -0.3 is 14.2 Å². The molecule has 294 valence electrons. The van der Waals surface area contributed by atoms with Gasteiger partial charge in [-0.15, -0.1) is 0 Å². The smallest absolute Gasteiger partial charge is 0.163 e. The number of nitrogens with zero attached hydrogens (tertiary/aromatic N) is 2. The number of hydrogen-bond donors (Lipinski definition) is 0. The van der Waals surface area contributed by atoms with Crippen molar-refractivity contribution in [3.05, 3.63) is 0 Å². The molecule has 7 saturated carbocycles. The average Bonchev–Trinajstić information content (AvgIpc) is 3.14. The topological polar surface area (TPSA) is 34.2 Å². The van der Waals surface area contributed by atoms with E-state index in [1.807, 2.05) is 0 Å². The van der Waals surface area contributed by atoms with Crippen molar-refractivity contribution in [2.75, 3.05) is 0 Å². The second-order valence-corrected chi connectivity index (χ2v) is 24.3. The minimum Gasteiger partial charge on any atom is -0.376 e. The molecule has 0 aromatic carbocycles. The van der Waals surface area contributed by atoms with E-state index in [4.69, 9.17) is 14.2 Å². The molecule has 12 aliphatic rings. The fraction of sp³-hybridized carbons (Fsp3) is 1.00. The summed E-state index contributed by atoms with van der Waals surface area (Å²) >= 11 is 0. The summed E-state index contributed by atoms with van der Waals surface area (Å²) in [6.45, 7) is 18.5. The van der Waals surface area contributed by atoms with Crippen LogP contribution in [0.25, 0.3) is 0 Å². The Labute approximate surface area is 323 Å². The Hall–Kier alpha value is -0.135. The zero-order valence-corrected chi connectivity index (χ0v) is 34.7. The molecular formula is C47H75BN2O3. The van der Waals surface area contributed by atoms with Gasteiger partial charge in [-0.3, -0.25) is 9.80 Å². The van der Waals surface area contributed by atoms with Crippen LogP contribution in [0, 0.1) is 52.3 Å². The lowest BCUT2D eigenvalue weighted by Crippen LogP contribution is -2.87. The highest BCUT2D eigenvalue weighted by molar-refractivity contribution is 6.66. The second-order valence-electron chi connectivity index (χ2n) is 24.3. The maximum atomic E-state index is 7.88. The Morgan fingerprint density at radius 1 is 0.472 bits per heavy atom. The molecule has 20 atom stereocenters. The molecule has 0 aromatic rings. The molecule has 53 heavy (non-hydrogen) atoms. The Balaban J connectivity index is 1.03. The largest absolute Gasteiger partial charge is 0.376 e. The van der Waals surface area contributed by atoms with Crippen LogP contribution in [-0.2, 0) is 14.2 Å². The minimum absolute atomic E-state index is 0.314. The van der Waals surface area contributed by atoms with E-state index in [-0.39, 0.29) is 0 Å². The molecule has 0 N–H and O–H groups in total. The standard InChI is InChI=1S/C47H75BN2O3/c1-24-44-42-39-43-45(24)53-34-23-28(47(5,6)7)17-19-32(34)50(43)41-30-15-11-9-13-26(30)21-36-38(41)48(39)37-35(51-36)20-25-12-8-10-14-29(25)40(37)49(42)31-18-16-27(46(2,3)4)22-33(31)52-44/h24-45H,8-23H2,1-7H3. The van der Waals surface area contributed by atoms with Gasteiger partial charge in [-0.25, -0.2) is 0 Å². The van der Waals surface area contributed by atoms with Crippen LogP contribution >= 0.6 is 0 Å². The maximum Gasteiger partial charge on any atom is 0.163 e. The lowest BCUT2D eigenvalue weighted by atomic mass is 9.15. The number of rotatable bonds is 0. The van der Waals surface area contributed by atoms with E-state index in [9.17, 15) is 0 Å². The predicted octanol–water partition coefficient (Wildman–Crippen LogP) is 9.50. The molecule has 0 spiro atoms. The van der Waals surface area contributed by atoms with Crippen molar-refractivity contribution >= 4 is 6.71 Å². The Bertz CT molecular complexity index is 1340. The maximum absolute atomic E-state index is 7.88. The van der Waals surface area contributed by atoms with Gasteiger partial charge in [-0.2, -0.15) is 0 Å². The van der Waals surface area contributed by atoms with Crippen LogP contribution in [-0.4, -0.2) is 89.4 Å². The third-order valence-corrected chi connectivity index (χ3v) is 20.5. The van der Waals surface area contributed by atoms with Crippen molar-refractivity contribution in [2.45, 2.75) is 242 Å². The molecule has 0 aromatic heterocycles. The summed E-state index contributed by atoms with van der Waals surface area (Å²) in [5.74, 6) is 7.60. The number of fused-ring (bicyclic) bond motifs is 10. The third kappa shape index (κ3) is 4.80. The van der Waals surface area contributed by atoms with Crippen LogP contribution in [0.2, 0.25) is 17.5 Å². The first-order chi connectivity index (χ1) is 25.5. The van der Waals surface area contributed by atoms with E-state index in [2.05, 4.69) is 58.3 Å². The quantitative estimate of drug-likeness (QED) is 0.233. The van der Waals surface area contributed by atoms with Gasteiger partial charge in [0.25, 0.3) is 0 Å². The molecular weight excluding hydrogens is 651 g/mol. The third-order valence-electron chi connectivity index (χ3n) is 20.5. The van der Waals surface area contributed by atoms with Crippen LogP contribution in [0.15, 0.2) is 0 Å². The van der Waals surface area contributed by atoms with Crippen molar-refractivity contribution in [3.63, 3.8) is 0 Å². The SMILES string of the molecule is CC1C2OC3CC(C(C)(C)C)CCC3N3C4C5CCCCC5CC5OC6CC7CCCCC7C7C6B(C54)C(C23)C2C1OC1CC(C(C)(C)C)CCC1N72. The van der Waals surface area contributed by atoms with Crippen molar-refractivity contribution in [2.24, 2.45) is 52.3 Å². The normalized spacial score (nSPS) is 58.4. The highest BCUT2D eigenvalue weighted by atomic mass is 16.5. The van der Waals surface area contributed by atoms with Crippen molar-refractivity contribution < 1.29 is 14.2 Å². The Morgan fingerprint density at radius 2 is 0.925 bits per heavy atom. The van der Waals surface area contributed by atoms with E-state index in [1.54, 1.807) is 0 Å². The van der Waals surface area contributed by atoms with Gasteiger partial charge in [0.05, 0.1) is 36.6 Å². The zero-order valence-electron chi connectivity index (χ0n) is 34.7. The summed E-state index contributed by atoms with van der Waals surface area (Å²) in [5.41, 5.74) is 0.696. The van der Waals surface area contributed by atoms with E-state index in [0.717, 1.165) is 65.9 Å². The number of hydrogen-bond acceptors (Lipinski definition) is 5. The van der Waals surface area contributed by atoms with Crippen LogP contribution in [0.4, 0.5) is 0 Å². The lowest BCUT2D eigenvalue weighted by molar-refractivity contribution is -0.299. The van der Waals surface area contributed by atoms with Crippen molar-refractivity contribution in [1.82, 2.24) is 9.80 Å². The Morgan fingerprint density at radius 3 is 1.38 bits per heavy atom. The first-order valence-corrected chi connectivity index (χ1v) is 24.0. The zero-order chi connectivity index (χ0) is 35.9. The molecule has 5 heterocycles. The highest BCUT2D eigenvalue weighted by Crippen LogP contribution is 2.71. The monoisotopic (exact) mass is 727 g/mol. The van der Waals surface area contributed by atoms with E-state index in [1.165, 1.54) is 103 Å². The van der Waals surface area contributed by atoms with Gasteiger partial charge >= 0.3 is 0 Å². The summed E-state index contributed by atoms with van der Waals surface area (Å²) < 4.78 is 23.6. The summed E-state index contributed by atoms with van der Waals surface area (Å²) in [7, 11) is 0. The molecule has 0 radical (unpaired) electrons. The molecule has 5 nitrogen and oxygen atoms in total. The summed E-state index contributed by atoms with van der Waals surface area (Å²) in [4.78, 5) is 6.75. The molecule has 0 amide bonds. The summed E-state index contributed by atoms with van der Waals surface area (Å²) in [5, 5.41) is 0. The van der Waals surface area contributed by atoms with Gasteiger partial charge in [0.1, 0.15) is 0 Å². The number of ether oxygens (including phenoxy) is 3. The van der Waals surface area contributed by atoms with E-state index < -0.39 is 0 Å². The van der Waals surface area contributed by atoms with Gasteiger partial charge in [-0.05, 0) is 128 Å². The highest BCUT2D eigenvalue weighted by Gasteiger charge is 2.77. The first-order valence-electron chi connectivity index (χ1n) is 24.0. The molecule has 6 heteroatoms. The van der Waals surface area contributed by atoms with Crippen LogP contribution in [0.1, 0.15) is 151 Å². The van der Waals surface area contributed by atoms with Gasteiger partial charge in [0.15, 0.2) is 6.71 Å².